The van der Waals surface area contributed by atoms with Gasteiger partial charge < -0.3 is 10.2 Å². The van der Waals surface area contributed by atoms with Crippen LogP contribution in [0.2, 0.25) is 0 Å². The van der Waals surface area contributed by atoms with Crippen LogP contribution in [0.5, 0.6) is 0 Å². The van der Waals surface area contributed by atoms with Crippen molar-refractivity contribution < 1.29 is 9.59 Å². The Balaban J connectivity index is 1.68. The molecule has 0 bridgehead atoms. The maximum absolute atomic E-state index is 12.3. The molecule has 7 heteroatoms. The van der Waals surface area contributed by atoms with Crippen molar-refractivity contribution in [3.63, 3.8) is 0 Å². The number of amides is 2. The molecular weight excluding hydrogens is 258 g/mol. The highest BCUT2D eigenvalue weighted by Crippen LogP contribution is 2.35. The molecule has 0 saturated carbocycles. The van der Waals surface area contributed by atoms with Gasteiger partial charge >= 0.3 is 0 Å². The van der Waals surface area contributed by atoms with E-state index in [0.717, 1.165) is 6.42 Å². The number of likely N-dealkylation sites (N-methyl/N-ethyl adjacent to an activating group) is 2. The van der Waals surface area contributed by atoms with Gasteiger partial charge in [0, 0.05) is 32.4 Å². The van der Waals surface area contributed by atoms with Crippen molar-refractivity contribution in [2.75, 3.05) is 27.2 Å². The van der Waals surface area contributed by atoms with Gasteiger partial charge in [-0.05, 0) is 25.5 Å². The summed E-state index contributed by atoms with van der Waals surface area (Å²) in [5.74, 6) is 0.421. The molecule has 2 N–H and O–H groups in total. The zero-order chi connectivity index (χ0) is 14.3. The summed E-state index contributed by atoms with van der Waals surface area (Å²) >= 11 is 0. The molecule has 2 aliphatic rings. The Labute approximate surface area is 117 Å². The summed E-state index contributed by atoms with van der Waals surface area (Å²) in [6.45, 7) is 1.38. The molecule has 0 unspecified atom stereocenters. The van der Waals surface area contributed by atoms with Gasteiger partial charge in [-0.3, -0.25) is 19.6 Å². The minimum Gasteiger partial charge on any atom is -0.358 e. The Kier molecular flexibility index (Phi) is 3.21. The fourth-order valence-corrected chi connectivity index (χ4v) is 3.40. The first-order valence-electron chi connectivity index (χ1n) is 6.84. The lowest BCUT2D eigenvalue weighted by Crippen LogP contribution is -2.45. The maximum atomic E-state index is 12.3. The van der Waals surface area contributed by atoms with E-state index in [9.17, 15) is 9.59 Å². The fraction of sp³-hybridized carbons (Fsp3) is 0.615. The number of hydrogen-bond acceptors (Lipinski definition) is 4. The van der Waals surface area contributed by atoms with Gasteiger partial charge in [0.1, 0.15) is 5.69 Å². The number of carbonyl (C=O) groups excluding carboxylic acids is 2. The quantitative estimate of drug-likeness (QED) is 0.749. The molecule has 0 spiro atoms. The van der Waals surface area contributed by atoms with Crippen LogP contribution in [0.1, 0.15) is 16.9 Å². The zero-order valence-corrected chi connectivity index (χ0v) is 11.7. The minimum atomic E-state index is -0.0700. The van der Waals surface area contributed by atoms with E-state index < -0.39 is 0 Å². The normalized spacial score (nSPS) is 29.5. The molecule has 2 amide bonds. The van der Waals surface area contributed by atoms with Gasteiger partial charge in [0.2, 0.25) is 5.91 Å². The van der Waals surface area contributed by atoms with E-state index in [2.05, 4.69) is 20.4 Å². The SMILES string of the molecule is CNC(=O)[C@@H]1C[C@H]2CN(C(=O)c3ccn[nH]3)C[C@H]2N1C. The number of likely N-dealkylation sites (tertiary alicyclic amines) is 2. The molecule has 1 aromatic rings. The van der Waals surface area contributed by atoms with Gasteiger partial charge in [0.05, 0.1) is 6.04 Å². The van der Waals surface area contributed by atoms with Crippen molar-refractivity contribution in [1.82, 2.24) is 25.3 Å². The third-order valence-electron chi connectivity index (χ3n) is 4.51. The van der Waals surface area contributed by atoms with Crippen molar-refractivity contribution in [3.05, 3.63) is 18.0 Å². The number of H-pyrrole nitrogens is 1. The number of rotatable bonds is 2. The van der Waals surface area contributed by atoms with Crippen LogP contribution < -0.4 is 5.32 Å². The molecule has 20 heavy (non-hydrogen) atoms. The van der Waals surface area contributed by atoms with E-state index in [4.69, 9.17) is 0 Å². The second-order valence-corrected chi connectivity index (χ2v) is 5.54. The molecule has 3 heterocycles. The molecule has 108 valence electrons. The van der Waals surface area contributed by atoms with E-state index in [0.29, 0.717) is 24.7 Å². The lowest BCUT2D eigenvalue weighted by molar-refractivity contribution is -0.125. The predicted octanol–water partition coefficient (Wildman–Crippen LogP) is -0.700. The Morgan fingerprint density at radius 1 is 1.45 bits per heavy atom. The fourth-order valence-electron chi connectivity index (χ4n) is 3.40. The number of hydrogen-bond donors (Lipinski definition) is 2. The lowest BCUT2D eigenvalue weighted by atomic mass is 10.0. The van der Waals surface area contributed by atoms with Crippen molar-refractivity contribution in [3.8, 4) is 0 Å². The van der Waals surface area contributed by atoms with Crippen LogP contribution in [-0.2, 0) is 4.79 Å². The van der Waals surface area contributed by atoms with E-state index in [1.54, 1.807) is 19.3 Å². The Morgan fingerprint density at radius 2 is 2.25 bits per heavy atom. The molecule has 2 aliphatic heterocycles. The highest BCUT2D eigenvalue weighted by atomic mass is 16.2. The zero-order valence-electron chi connectivity index (χ0n) is 11.7. The van der Waals surface area contributed by atoms with Crippen molar-refractivity contribution in [1.29, 1.82) is 0 Å². The van der Waals surface area contributed by atoms with E-state index >= 15 is 0 Å². The number of aromatic amines is 1. The van der Waals surface area contributed by atoms with Gasteiger partial charge in [0.15, 0.2) is 0 Å². The summed E-state index contributed by atoms with van der Waals surface area (Å²) in [7, 11) is 3.63. The second-order valence-electron chi connectivity index (χ2n) is 5.54. The molecule has 2 saturated heterocycles. The molecule has 1 aromatic heterocycles. The first-order chi connectivity index (χ1) is 9.61. The van der Waals surface area contributed by atoms with Crippen molar-refractivity contribution in [2.24, 2.45) is 5.92 Å². The van der Waals surface area contributed by atoms with Gasteiger partial charge in [0.25, 0.3) is 5.91 Å². The highest BCUT2D eigenvalue weighted by Gasteiger charge is 2.48. The number of nitrogens with one attached hydrogen (secondary N) is 2. The minimum absolute atomic E-state index is 0.0122. The summed E-state index contributed by atoms with van der Waals surface area (Å²) in [4.78, 5) is 28.0. The molecule has 0 aliphatic carbocycles. The molecular formula is C13H19N5O2. The maximum Gasteiger partial charge on any atom is 0.271 e. The summed E-state index contributed by atoms with van der Waals surface area (Å²) in [6, 6.07) is 1.89. The van der Waals surface area contributed by atoms with E-state index in [1.165, 1.54) is 0 Å². The largest absolute Gasteiger partial charge is 0.358 e. The van der Waals surface area contributed by atoms with E-state index in [1.807, 2.05) is 11.9 Å². The van der Waals surface area contributed by atoms with E-state index in [-0.39, 0.29) is 23.9 Å². The summed E-state index contributed by atoms with van der Waals surface area (Å²) < 4.78 is 0. The first kappa shape index (κ1) is 13.1. The Morgan fingerprint density at radius 3 is 2.85 bits per heavy atom. The third-order valence-corrected chi connectivity index (χ3v) is 4.51. The van der Waals surface area contributed by atoms with Crippen LogP contribution in [-0.4, -0.2) is 71.1 Å². The molecule has 7 nitrogen and oxygen atoms in total. The Hall–Kier alpha value is -1.89. The Bertz CT molecular complexity index is 515. The smallest absolute Gasteiger partial charge is 0.271 e. The van der Waals surface area contributed by atoms with Gasteiger partial charge in [-0.25, -0.2) is 0 Å². The van der Waals surface area contributed by atoms with Crippen molar-refractivity contribution >= 4 is 11.8 Å². The molecule has 0 aromatic carbocycles. The van der Waals surface area contributed by atoms with Gasteiger partial charge in [-0.1, -0.05) is 0 Å². The number of aromatic nitrogens is 2. The number of nitrogens with zero attached hydrogens (tertiary/aromatic N) is 3. The van der Waals surface area contributed by atoms with Crippen molar-refractivity contribution in [2.45, 2.75) is 18.5 Å². The standard InChI is InChI=1S/C13H19N5O2/c1-14-12(19)10-5-8-6-18(7-11(8)17(10)2)13(20)9-3-4-15-16-9/h3-4,8,10-11H,5-7H2,1-2H3,(H,14,19)(H,15,16)/t8-,10-,11+/m0/s1. The van der Waals surface area contributed by atoms with Crippen LogP contribution in [0.25, 0.3) is 0 Å². The third kappa shape index (κ3) is 1.98. The van der Waals surface area contributed by atoms with Crippen LogP contribution >= 0.6 is 0 Å². The summed E-state index contributed by atoms with van der Waals surface area (Å²) in [6.07, 6.45) is 2.39. The predicted molar refractivity (Wildman–Crippen MR) is 72.0 cm³/mol. The molecule has 2 fully saturated rings. The summed E-state index contributed by atoms with van der Waals surface area (Å²) in [5.41, 5.74) is 0.524. The lowest BCUT2D eigenvalue weighted by Gasteiger charge is -2.25. The topological polar surface area (TPSA) is 81.3 Å². The van der Waals surface area contributed by atoms with Crippen LogP contribution in [0.3, 0.4) is 0 Å². The van der Waals surface area contributed by atoms with Gasteiger partial charge in [-0.2, -0.15) is 5.10 Å². The van der Waals surface area contributed by atoms with Crippen LogP contribution in [0.4, 0.5) is 0 Å². The number of fused-ring (bicyclic) bond motifs is 1. The average molecular weight is 277 g/mol. The summed E-state index contributed by atoms with van der Waals surface area (Å²) in [5, 5.41) is 9.23. The highest BCUT2D eigenvalue weighted by molar-refractivity contribution is 5.92. The van der Waals surface area contributed by atoms with Crippen LogP contribution in [0.15, 0.2) is 12.3 Å². The second kappa shape index (κ2) is 4.90. The number of carbonyl (C=O) groups is 2. The molecule has 3 rings (SSSR count). The van der Waals surface area contributed by atoms with Gasteiger partial charge in [-0.15, -0.1) is 0 Å². The first-order valence-corrected chi connectivity index (χ1v) is 6.84. The molecule has 3 atom stereocenters. The van der Waals surface area contributed by atoms with Crippen LogP contribution in [0, 0.1) is 5.92 Å². The average Bonchev–Trinajstić information content (AvgIpc) is 3.15. The monoisotopic (exact) mass is 277 g/mol. The molecule has 0 radical (unpaired) electrons.